The van der Waals surface area contributed by atoms with E-state index in [9.17, 15) is 0 Å². The summed E-state index contributed by atoms with van der Waals surface area (Å²) in [7, 11) is 0. The van der Waals surface area contributed by atoms with Gasteiger partial charge >= 0.3 is 0 Å². The van der Waals surface area contributed by atoms with Crippen LogP contribution < -0.4 is 0 Å². The number of benzene rings is 4. The maximum atomic E-state index is 6.54. The highest BCUT2D eigenvalue weighted by molar-refractivity contribution is 6.16. The normalized spacial score (nSPS) is 11.7. The lowest BCUT2D eigenvalue weighted by molar-refractivity contribution is 0.672. The smallest absolute Gasteiger partial charge is 0.161 e. The van der Waals surface area contributed by atoms with Gasteiger partial charge in [0.05, 0.1) is 5.69 Å². The summed E-state index contributed by atoms with van der Waals surface area (Å²) in [5.41, 5.74) is 8.95. The van der Waals surface area contributed by atoms with E-state index in [1.807, 2.05) is 19.2 Å². The standard InChI is InChI=1S/C32H22N2O/c1-19-18-33-29(17-28(19)24-13-12-21-6-3-4-7-23(21)16-24)27-9-5-8-25-26-15-14-22-11-10-20(2)34-30(22)32(26)35-31(25)27/h3-18H,1-2H3. The van der Waals surface area contributed by atoms with E-state index in [-0.39, 0.29) is 0 Å². The first-order valence-corrected chi connectivity index (χ1v) is 11.8. The van der Waals surface area contributed by atoms with Gasteiger partial charge < -0.3 is 4.42 Å². The molecule has 0 bridgehead atoms. The Morgan fingerprint density at radius 3 is 2.34 bits per heavy atom. The molecule has 3 aromatic heterocycles. The average molecular weight is 451 g/mol. The van der Waals surface area contributed by atoms with Crippen LogP contribution in [0.5, 0.6) is 0 Å². The van der Waals surface area contributed by atoms with Crippen LogP contribution in [0, 0.1) is 13.8 Å². The first-order valence-electron chi connectivity index (χ1n) is 11.8. The van der Waals surface area contributed by atoms with E-state index < -0.39 is 0 Å². The first-order chi connectivity index (χ1) is 17.2. The highest BCUT2D eigenvalue weighted by Crippen LogP contribution is 2.39. The Labute approximate surface area is 202 Å². The maximum absolute atomic E-state index is 6.54. The molecule has 0 spiro atoms. The van der Waals surface area contributed by atoms with Gasteiger partial charge in [-0.2, -0.15) is 0 Å². The zero-order valence-corrected chi connectivity index (χ0v) is 19.5. The maximum Gasteiger partial charge on any atom is 0.161 e. The number of aryl methyl sites for hydroxylation is 2. The van der Waals surface area contributed by atoms with Crippen LogP contribution in [0.2, 0.25) is 0 Å². The van der Waals surface area contributed by atoms with E-state index >= 15 is 0 Å². The lowest BCUT2D eigenvalue weighted by atomic mass is 9.96. The third-order valence-electron chi connectivity index (χ3n) is 6.90. The molecule has 4 aromatic carbocycles. The molecule has 7 rings (SSSR count). The first kappa shape index (κ1) is 19.9. The lowest BCUT2D eigenvalue weighted by Crippen LogP contribution is -1.90. The Morgan fingerprint density at radius 2 is 1.43 bits per heavy atom. The predicted octanol–water partition coefficient (Wildman–Crippen LogP) is 8.63. The molecule has 3 nitrogen and oxygen atoms in total. The van der Waals surface area contributed by atoms with Gasteiger partial charge in [0, 0.05) is 33.6 Å². The van der Waals surface area contributed by atoms with E-state index in [4.69, 9.17) is 14.4 Å². The zero-order chi connectivity index (χ0) is 23.5. The van der Waals surface area contributed by atoms with Gasteiger partial charge in [-0.15, -0.1) is 0 Å². The van der Waals surface area contributed by atoms with Crippen molar-refractivity contribution < 1.29 is 4.42 Å². The molecule has 0 amide bonds. The van der Waals surface area contributed by atoms with Crippen molar-refractivity contribution in [2.75, 3.05) is 0 Å². The van der Waals surface area contributed by atoms with Crippen LogP contribution in [0.3, 0.4) is 0 Å². The van der Waals surface area contributed by atoms with Gasteiger partial charge in [0.2, 0.25) is 0 Å². The minimum absolute atomic E-state index is 0.829. The second-order valence-corrected chi connectivity index (χ2v) is 9.20. The summed E-state index contributed by atoms with van der Waals surface area (Å²) in [6.45, 7) is 4.13. The summed E-state index contributed by atoms with van der Waals surface area (Å²) in [6.07, 6.45) is 1.96. The molecule has 3 heterocycles. The average Bonchev–Trinajstić information content (AvgIpc) is 3.28. The van der Waals surface area contributed by atoms with Gasteiger partial charge in [-0.3, -0.25) is 4.98 Å². The summed E-state index contributed by atoms with van der Waals surface area (Å²) >= 11 is 0. The van der Waals surface area contributed by atoms with E-state index in [2.05, 4.69) is 91.9 Å². The van der Waals surface area contributed by atoms with Gasteiger partial charge in [-0.05, 0) is 71.6 Å². The van der Waals surface area contributed by atoms with Crippen LogP contribution in [0.4, 0.5) is 0 Å². The fourth-order valence-corrected chi connectivity index (χ4v) is 5.08. The van der Waals surface area contributed by atoms with Crippen molar-refractivity contribution in [3.8, 4) is 22.4 Å². The molecule has 166 valence electrons. The molecule has 3 heteroatoms. The molecule has 0 fully saturated rings. The summed E-state index contributed by atoms with van der Waals surface area (Å²) < 4.78 is 6.54. The molecule has 0 N–H and O–H groups in total. The second kappa shape index (κ2) is 7.51. The fraction of sp³-hybridized carbons (Fsp3) is 0.0625. The van der Waals surface area contributed by atoms with Crippen LogP contribution >= 0.6 is 0 Å². The minimum atomic E-state index is 0.829. The van der Waals surface area contributed by atoms with Gasteiger partial charge in [0.1, 0.15) is 11.1 Å². The number of furan rings is 1. The number of aromatic nitrogens is 2. The number of para-hydroxylation sites is 1. The molecule has 0 aliphatic rings. The van der Waals surface area contributed by atoms with Crippen molar-refractivity contribution in [2.24, 2.45) is 0 Å². The van der Waals surface area contributed by atoms with Crippen molar-refractivity contribution in [2.45, 2.75) is 13.8 Å². The van der Waals surface area contributed by atoms with E-state index in [1.54, 1.807) is 0 Å². The Bertz CT molecular complexity index is 1930. The van der Waals surface area contributed by atoms with Gasteiger partial charge in [0.25, 0.3) is 0 Å². The molecular formula is C32H22N2O. The zero-order valence-electron chi connectivity index (χ0n) is 19.5. The monoisotopic (exact) mass is 450 g/mol. The molecule has 0 radical (unpaired) electrons. The van der Waals surface area contributed by atoms with Crippen molar-refractivity contribution in [1.82, 2.24) is 9.97 Å². The van der Waals surface area contributed by atoms with Crippen molar-refractivity contribution in [1.29, 1.82) is 0 Å². The Balaban J connectivity index is 1.45. The minimum Gasteiger partial charge on any atom is -0.453 e. The van der Waals surface area contributed by atoms with Crippen molar-refractivity contribution in [3.05, 3.63) is 108 Å². The molecule has 7 aromatic rings. The van der Waals surface area contributed by atoms with Gasteiger partial charge in [-0.1, -0.05) is 60.7 Å². The van der Waals surface area contributed by atoms with Crippen LogP contribution in [-0.4, -0.2) is 9.97 Å². The van der Waals surface area contributed by atoms with Crippen LogP contribution in [0.25, 0.3) is 66.0 Å². The number of hydrogen-bond donors (Lipinski definition) is 0. The lowest BCUT2D eigenvalue weighted by Gasteiger charge is -2.10. The SMILES string of the molecule is Cc1ccc2ccc3c4cccc(-c5cc(-c6ccc7ccccc7c6)c(C)cn5)c4oc3c2n1. The highest BCUT2D eigenvalue weighted by atomic mass is 16.3. The quantitative estimate of drug-likeness (QED) is 0.265. The van der Waals surface area contributed by atoms with Crippen molar-refractivity contribution >= 4 is 43.6 Å². The fourth-order valence-electron chi connectivity index (χ4n) is 5.08. The predicted molar refractivity (Wildman–Crippen MR) is 145 cm³/mol. The molecular weight excluding hydrogens is 428 g/mol. The van der Waals surface area contributed by atoms with Crippen molar-refractivity contribution in [3.63, 3.8) is 0 Å². The Morgan fingerprint density at radius 1 is 0.629 bits per heavy atom. The van der Waals surface area contributed by atoms with Gasteiger partial charge in [0.15, 0.2) is 5.58 Å². The Kier molecular flexibility index (Phi) is 4.27. The van der Waals surface area contributed by atoms with Gasteiger partial charge in [-0.25, -0.2) is 4.98 Å². The topological polar surface area (TPSA) is 38.9 Å². The van der Waals surface area contributed by atoms with Crippen LogP contribution in [-0.2, 0) is 0 Å². The third-order valence-corrected chi connectivity index (χ3v) is 6.90. The molecule has 0 aliphatic heterocycles. The highest BCUT2D eigenvalue weighted by Gasteiger charge is 2.16. The molecule has 0 aliphatic carbocycles. The second-order valence-electron chi connectivity index (χ2n) is 9.20. The third kappa shape index (κ3) is 3.12. The van der Waals surface area contributed by atoms with E-state index in [0.29, 0.717) is 0 Å². The van der Waals surface area contributed by atoms with E-state index in [0.717, 1.165) is 55.4 Å². The van der Waals surface area contributed by atoms with Crippen LogP contribution in [0.1, 0.15) is 11.3 Å². The molecule has 0 unspecified atom stereocenters. The molecule has 0 saturated heterocycles. The number of pyridine rings is 2. The van der Waals surface area contributed by atoms with Crippen LogP contribution in [0.15, 0.2) is 102 Å². The summed E-state index contributed by atoms with van der Waals surface area (Å²) in [5.74, 6) is 0. The molecule has 35 heavy (non-hydrogen) atoms. The van der Waals surface area contributed by atoms with E-state index in [1.165, 1.54) is 21.9 Å². The summed E-state index contributed by atoms with van der Waals surface area (Å²) in [5, 5.41) is 5.71. The number of hydrogen-bond acceptors (Lipinski definition) is 3. The summed E-state index contributed by atoms with van der Waals surface area (Å²) in [4.78, 5) is 9.60. The number of fused-ring (bicyclic) bond motifs is 6. The summed E-state index contributed by atoms with van der Waals surface area (Å²) in [6, 6.07) is 31.9. The Hall–Kier alpha value is -4.50. The number of rotatable bonds is 2. The molecule has 0 saturated carbocycles. The largest absolute Gasteiger partial charge is 0.453 e. The number of nitrogens with zero attached hydrogens (tertiary/aromatic N) is 2. The molecule has 0 atom stereocenters.